The number of benzene rings is 2. The summed E-state index contributed by atoms with van der Waals surface area (Å²) in [6.45, 7) is 2.27. The SMILES string of the molecule is CC1CCN(S(=O)(=O)c2ccc3c(c2)N(CC(=O)Nc2ccccc2F)C(=O)CO3)CC1. The quantitative estimate of drug-likeness (QED) is 0.739. The van der Waals surface area contributed by atoms with E-state index in [1.807, 2.05) is 0 Å². The molecule has 0 aliphatic carbocycles. The molecule has 0 spiro atoms. The molecule has 0 radical (unpaired) electrons. The molecule has 4 rings (SSSR count). The fraction of sp³-hybridized carbons (Fsp3) is 0.364. The predicted molar refractivity (Wildman–Crippen MR) is 116 cm³/mol. The lowest BCUT2D eigenvalue weighted by Gasteiger charge is -2.31. The second-order valence-corrected chi connectivity index (χ2v) is 9.95. The van der Waals surface area contributed by atoms with Gasteiger partial charge >= 0.3 is 0 Å². The summed E-state index contributed by atoms with van der Waals surface area (Å²) in [6.07, 6.45) is 1.57. The molecule has 0 unspecified atom stereocenters. The van der Waals surface area contributed by atoms with E-state index in [-0.39, 0.29) is 22.9 Å². The molecular weight excluding hydrogens is 437 g/mol. The van der Waals surface area contributed by atoms with Crippen molar-refractivity contribution in [2.75, 3.05) is 36.5 Å². The van der Waals surface area contributed by atoms with Crippen molar-refractivity contribution in [1.82, 2.24) is 4.31 Å². The Hall–Kier alpha value is -2.98. The Labute approximate surface area is 186 Å². The zero-order valence-corrected chi connectivity index (χ0v) is 18.4. The third-order valence-corrected chi connectivity index (χ3v) is 7.60. The standard InChI is InChI=1S/C22H24FN3O5S/c1-15-8-10-25(11-9-15)32(29,30)16-6-7-20-19(12-16)26(22(28)14-31-20)13-21(27)24-18-5-3-2-4-17(18)23/h2-7,12,15H,8-11,13-14H2,1H3,(H,24,27). The molecule has 10 heteroatoms. The van der Waals surface area contributed by atoms with Crippen LogP contribution in [0.1, 0.15) is 19.8 Å². The summed E-state index contributed by atoms with van der Waals surface area (Å²) in [5.41, 5.74) is 0.186. The van der Waals surface area contributed by atoms with Crippen LogP contribution in [-0.2, 0) is 19.6 Å². The van der Waals surface area contributed by atoms with E-state index in [2.05, 4.69) is 12.2 Å². The van der Waals surface area contributed by atoms with Crippen LogP contribution in [0.4, 0.5) is 15.8 Å². The number of sulfonamides is 1. The largest absolute Gasteiger partial charge is 0.482 e. The van der Waals surface area contributed by atoms with Crippen molar-refractivity contribution in [1.29, 1.82) is 0 Å². The van der Waals surface area contributed by atoms with E-state index in [1.165, 1.54) is 40.7 Å². The van der Waals surface area contributed by atoms with Gasteiger partial charge in [0, 0.05) is 13.1 Å². The van der Waals surface area contributed by atoms with Crippen LogP contribution in [0.3, 0.4) is 0 Å². The first-order chi connectivity index (χ1) is 15.3. The Morgan fingerprint density at radius 2 is 1.91 bits per heavy atom. The molecule has 2 aliphatic rings. The van der Waals surface area contributed by atoms with Crippen LogP contribution in [0.25, 0.3) is 0 Å². The third kappa shape index (κ3) is 4.46. The third-order valence-electron chi connectivity index (χ3n) is 5.70. The Morgan fingerprint density at radius 3 is 2.62 bits per heavy atom. The van der Waals surface area contributed by atoms with Gasteiger partial charge in [-0.25, -0.2) is 12.8 Å². The first-order valence-corrected chi connectivity index (χ1v) is 11.8. The number of halogens is 1. The molecule has 2 amide bonds. The summed E-state index contributed by atoms with van der Waals surface area (Å²) in [4.78, 5) is 26.2. The van der Waals surface area contributed by atoms with E-state index < -0.39 is 34.2 Å². The number of piperidine rings is 1. The van der Waals surface area contributed by atoms with Gasteiger partial charge < -0.3 is 10.1 Å². The number of rotatable bonds is 5. The van der Waals surface area contributed by atoms with Gasteiger partial charge in [-0.3, -0.25) is 14.5 Å². The Balaban J connectivity index is 1.58. The highest BCUT2D eigenvalue weighted by Crippen LogP contribution is 2.35. The second kappa shape index (κ2) is 8.87. The van der Waals surface area contributed by atoms with Gasteiger partial charge in [-0.05, 0) is 49.1 Å². The van der Waals surface area contributed by atoms with Gasteiger partial charge in [0.2, 0.25) is 15.9 Å². The lowest BCUT2D eigenvalue weighted by atomic mass is 10.0. The maximum atomic E-state index is 13.8. The normalized spacial score (nSPS) is 17.6. The maximum Gasteiger partial charge on any atom is 0.265 e. The van der Waals surface area contributed by atoms with Gasteiger partial charge in [0.05, 0.1) is 16.3 Å². The molecule has 0 aromatic heterocycles. The average molecular weight is 462 g/mol. The molecule has 0 saturated carbocycles. The van der Waals surface area contributed by atoms with E-state index >= 15 is 0 Å². The van der Waals surface area contributed by atoms with Crippen molar-refractivity contribution in [3.63, 3.8) is 0 Å². The number of nitrogens with one attached hydrogen (secondary N) is 1. The minimum Gasteiger partial charge on any atom is -0.482 e. The molecule has 1 fully saturated rings. The number of carbonyl (C=O) groups is 2. The Bertz CT molecular complexity index is 1150. The number of para-hydroxylation sites is 1. The van der Waals surface area contributed by atoms with Crippen LogP contribution in [0.2, 0.25) is 0 Å². The topological polar surface area (TPSA) is 96.0 Å². The number of nitrogens with zero attached hydrogens (tertiary/aromatic N) is 2. The summed E-state index contributed by atoms with van der Waals surface area (Å²) in [5, 5.41) is 2.43. The van der Waals surface area contributed by atoms with Crippen molar-refractivity contribution >= 4 is 33.2 Å². The highest BCUT2D eigenvalue weighted by Gasteiger charge is 2.32. The predicted octanol–water partition coefficient (Wildman–Crippen LogP) is 2.61. The molecular formula is C22H24FN3O5S. The summed E-state index contributed by atoms with van der Waals surface area (Å²) >= 11 is 0. The van der Waals surface area contributed by atoms with E-state index in [9.17, 15) is 22.4 Å². The van der Waals surface area contributed by atoms with Crippen molar-refractivity contribution in [3.8, 4) is 5.75 Å². The summed E-state index contributed by atoms with van der Waals surface area (Å²) in [6, 6.07) is 9.98. The van der Waals surface area contributed by atoms with Crippen LogP contribution in [0.5, 0.6) is 5.75 Å². The van der Waals surface area contributed by atoms with Crippen molar-refractivity contribution < 1.29 is 27.1 Å². The number of hydrogen-bond acceptors (Lipinski definition) is 5. The molecule has 2 aromatic carbocycles. The molecule has 8 nitrogen and oxygen atoms in total. The lowest BCUT2D eigenvalue weighted by molar-refractivity contribution is -0.123. The number of ether oxygens (including phenoxy) is 1. The van der Waals surface area contributed by atoms with Crippen LogP contribution in [0, 0.1) is 11.7 Å². The van der Waals surface area contributed by atoms with Gasteiger partial charge in [0.15, 0.2) is 6.61 Å². The molecule has 2 aliphatic heterocycles. The maximum absolute atomic E-state index is 13.8. The van der Waals surface area contributed by atoms with Gasteiger partial charge in [0.25, 0.3) is 5.91 Å². The van der Waals surface area contributed by atoms with Crippen LogP contribution < -0.4 is 15.0 Å². The van der Waals surface area contributed by atoms with Crippen molar-refractivity contribution in [2.45, 2.75) is 24.7 Å². The zero-order chi connectivity index (χ0) is 22.9. The average Bonchev–Trinajstić information content (AvgIpc) is 2.77. The summed E-state index contributed by atoms with van der Waals surface area (Å²) < 4.78 is 47.0. The monoisotopic (exact) mass is 461 g/mol. The fourth-order valence-electron chi connectivity index (χ4n) is 3.79. The fourth-order valence-corrected chi connectivity index (χ4v) is 5.28. The molecule has 170 valence electrons. The molecule has 1 saturated heterocycles. The molecule has 0 atom stereocenters. The second-order valence-electron chi connectivity index (χ2n) is 8.01. The van der Waals surface area contributed by atoms with Crippen LogP contribution in [0.15, 0.2) is 47.4 Å². The minimum atomic E-state index is -3.75. The van der Waals surface area contributed by atoms with Crippen LogP contribution in [-0.4, -0.2) is 50.8 Å². The number of carbonyl (C=O) groups excluding carboxylic acids is 2. The van der Waals surface area contributed by atoms with E-state index in [4.69, 9.17) is 4.74 Å². The van der Waals surface area contributed by atoms with Gasteiger partial charge in [0.1, 0.15) is 18.1 Å². The molecule has 32 heavy (non-hydrogen) atoms. The molecule has 2 aromatic rings. The number of amides is 2. The van der Waals surface area contributed by atoms with E-state index in [1.54, 1.807) is 6.07 Å². The summed E-state index contributed by atoms with van der Waals surface area (Å²) in [5.74, 6) is -0.940. The highest BCUT2D eigenvalue weighted by molar-refractivity contribution is 7.89. The van der Waals surface area contributed by atoms with Crippen LogP contribution >= 0.6 is 0 Å². The minimum absolute atomic E-state index is 0.00547. The Morgan fingerprint density at radius 1 is 1.19 bits per heavy atom. The lowest BCUT2D eigenvalue weighted by Crippen LogP contribution is -2.43. The van der Waals surface area contributed by atoms with Crippen molar-refractivity contribution in [2.24, 2.45) is 5.92 Å². The van der Waals surface area contributed by atoms with Gasteiger partial charge in [-0.15, -0.1) is 0 Å². The Kier molecular flexibility index (Phi) is 6.16. The van der Waals surface area contributed by atoms with Gasteiger partial charge in [-0.1, -0.05) is 19.1 Å². The summed E-state index contributed by atoms with van der Waals surface area (Å²) in [7, 11) is -3.75. The van der Waals surface area contributed by atoms with Gasteiger partial charge in [-0.2, -0.15) is 4.31 Å². The van der Waals surface area contributed by atoms with E-state index in [0.29, 0.717) is 24.8 Å². The van der Waals surface area contributed by atoms with E-state index in [0.717, 1.165) is 17.7 Å². The number of hydrogen-bond donors (Lipinski definition) is 1. The molecule has 2 heterocycles. The smallest absolute Gasteiger partial charge is 0.265 e. The molecule has 1 N–H and O–H groups in total. The molecule has 0 bridgehead atoms. The van der Waals surface area contributed by atoms with Crippen molar-refractivity contribution in [3.05, 3.63) is 48.3 Å². The highest BCUT2D eigenvalue weighted by atomic mass is 32.2. The number of anilines is 2. The number of fused-ring (bicyclic) bond motifs is 1. The first-order valence-electron chi connectivity index (χ1n) is 10.4. The zero-order valence-electron chi connectivity index (χ0n) is 17.6. The first kappa shape index (κ1) is 22.2.